The number of aromatic amines is 1. The van der Waals surface area contributed by atoms with Crippen LogP contribution >= 0.6 is 27.5 Å². The number of hydrogen-bond donors (Lipinski definition) is 2. The Balaban J connectivity index is 2.64. The summed E-state index contributed by atoms with van der Waals surface area (Å²) in [5, 5.41) is 9.23. The predicted molar refractivity (Wildman–Crippen MR) is 70.0 cm³/mol. The average molecular weight is 330 g/mol. The van der Waals surface area contributed by atoms with Crippen LogP contribution in [0.3, 0.4) is 0 Å². The average Bonchev–Trinajstić information content (AvgIpc) is 2.27. The van der Waals surface area contributed by atoms with Crippen molar-refractivity contribution in [1.29, 1.82) is 0 Å². The number of aromatic nitrogens is 2. The number of nitrogens with one attached hydrogen (secondary N) is 1. The van der Waals surface area contributed by atoms with Gasteiger partial charge in [0.1, 0.15) is 5.69 Å². The first kappa shape index (κ1) is 12.8. The molecular weight excluding hydrogens is 323 g/mol. The summed E-state index contributed by atoms with van der Waals surface area (Å²) in [5.41, 5.74) is -0.255. The van der Waals surface area contributed by atoms with Crippen molar-refractivity contribution in [3.05, 3.63) is 49.9 Å². The molecule has 1 aromatic carbocycles. The molecule has 0 atom stereocenters. The highest BCUT2D eigenvalue weighted by molar-refractivity contribution is 9.10. The molecule has 5 nitrogen and oxygen atoms in total. The lowest BCUT2D eigenvalue weighted by Gasteiger charge is -2.04. The summed E-state index contributed by atoms with van der Waals surface area (Å²) in [4.78, 5) is 28.0. The number of H-pyrrole nitrogens is 1. The van der Waals surface area contributed by atoms with Crippen LogP contribution in [0, 0.1) is 0 Å². The van der Waals surface area contributed by atoms with Crippen molar-refractivity contribution < 1.29 is 9.90 Å². The summed E-state index contributed by atoms with van der Waals surface area (Å²) in [7, 11) is 0. The third kappa shape index (κ3) is 2.60. The summed E-state index contributed by atoms with van der Waals surface area (Å²) in [5.74, 6) is -1.23. The van der Waals surface area contributed by atoms with Crippen LogP contribution in [0.25, 0.3) is 11.3 Å². The van der Waals surface area contributed by atoms with Gasteiger partial charge in [-0.2, -0.15) is 4.98 Å². The van der Waals surface area contributed by atoms with E-state index in [0.717, 1.165) is 4.47 Å². The lowest BCUT2D eigenvalue weighted by molar-refractivity contribution is 0.0690. The maximum atomic E-state index is 11.3. The number of carboxylic acids is 1. The Bertz CT molecular complexity index is 684. The number of benzene rings is 1. The van der Waals surface area contributed by atoms with Crippen molar-refractivity contribution in [2.45, 2.75) is 0 Å². The van der Waals surface area contributed by atoms with Crippen LogP contribution in [0.2, 0.25) is 5.02 Å². The van der Waals surface area contributed by atoms with Crippen molar-refractivity contribution in [3.63, 3.8) is 0 Å². The Kier molecular flexibility index (Phi) is 3.49. The summed E-state index contributed by atoms with van der Waals surface area (Å²) in [6.45, 7) is 0. The zero-order valence-corrected chi connectivity index (χ0v) is 11.1. The Morgan fingerprint density at radius 2 is 2.11 bits per heavy atom. The molecule has 0 aliphatic rings. The second kappa shape index (κ2) is 4.91. The van der Waals surface area contributed by atoms with Crippen molar-refractivity contribution in [3.8, 4) is 11.3 Å². The minimum Gasteiger partial charge on any atom is -0.477 e. The monoisotopic (exact) mass is 328 g/mol. The first-order valence-electron chi connectivity index (χ1n) is 4.77. The molecule has 2 rings (SSSR count). The number of aromatic carboxylic acids is 1. The minimum absolute atomic E-state index is 0.216. The van der Waals surface area contributed by atoms with Gasteiger partial charge in [0.05, 0.1) is 10.7 Å². The van der Waals surface area contributed by atoms with Crippen LogP contribution in [-0.2, 0) is 0 Å². The molecule has 0 spiro atoms. The maximum Gasteiger partial charge on any atom is 0.352 e. The van der Waals surface area contributed by atoms with Gasteiger partial charge in [-0.3, -0.25) is 4.98 Å². The quantitative estimate of drug-likeness (QED) is 0.887. The highest BCUT2D eigenvalue weighted by Gasteiger charge is 2.11. The van der Waals surface area contributed by atoms with Gasteiger partial charge in [-0.05, 0) is 18.2 Å². The number of rotatable bonds is 2. The molecule has 1 aromatic heterocycles. The SMILES string of the molecule is O=C(O)c1cc(-c2ccc(Br)cc2Cl)nc(=O)[nH]1. The maximum absolute atomic E-state index is 11.3. The van der Waals surface area contributed by atoms with E-state index in [1.807, 2.05) is 0 Å². The molecule has 0 amide bonds. The highest BCUT2D eigenvalue weighted by atomic mass is 79.9. The summed E-state index contributed by atoms with van der Waals surface area (Å²) in [6.07, 6.45) is 0. The summed E-state index contributed by atoms with van der Waals surface area (Å²) in [6, 6.07) is 6.28. The van der Waals surface area contributed by atoms with E-state index in [9.17, 15) is 9.59 Å². The number of hydrogen-bond acceptors (Lipinski definition) is 3. The molecule has 0 bridgehead atoms. The van der Waals surface area contributed by atoms with E-state index in [1.165, 1.54) is 6.07 Å². The van der Waals surface area contributed by atoms with E-state index in [-0.39, 0.29) is 11.4 Å². The second-order valence-corrected chi connectivity index (χ2v) is 4.74. The van der Waals surface area contributed by atoms with Crippen molar-refractivity contribution in [2.75, 3.05) is 0 Å². The molecule has 2 aromatic rings. The summed E-state index contributed by atoms with van der Waals surface area (Å²) < 4.78 is 0.777. The smallest absolute Gasteiger partial charge is 0.352 e. The van der Waals surface area contributed by atoms with E-state index in [4.69, 9.17) is 16.7 Å². The van der Waals surface area contributed by atoms with Crippen LogP contribution < -0.4 is 5.69 Å². The largest absolute Gasteiger partial charge is 0.477 e. The van der Waals surface area contributed by atoms with Gasteiger partial charge in [0, 0.05) is 10.0 Å². The van der Waals surface area contributed by atoms with E-state index in [0.29, 0.717) is 10.6 Å². The van der Waals surface area contributed by atoms with Gasteiger partial charge in [0.15, 0.2) is 0 Å². The standard InChI is InChI=1S/C11H6BrClN2O3/c12-5-1-2-6(7(13)3-5)8-4-9(10(16)17)15-11(18)14-8/h1-4H,(H,16,17)(H,14,15,18). The molecule has 0 aliphatic carbocycles. The van der Waals surface area contributed by atoms with Crippen molar-refractivity contribution >= 4 is 33.5 Å². The normalized spacial score (nSPS) is 10.3. The van der Waals surface area contributed by atoms with Gasteiger partial charge in [0.25, 0.3) is 0 Å². The molecule has 7 heteroatoms. The lowest BCUT2D eigenvalue weighted by atomic mass is 10.1. The Morgan fingerprint density at radius 3 is 2.72 bits per heavy atom. The van der Waals surface area contributed by atoms with Gasteiger partial charge in [-0.25, -0.2) is 9.59 Å². The first-order chi connectivity index (χ1) is 8.47. The Hall–Kier alpha value is -1.66. The zero-order valence-electron chi connectivity index (χ0n) is 8.78. The van der Waals surface area contributed by atoms with Gasteiger partial charge in [-0.15, -0.1) is 0 Å². The van der Waals surface area contributed by atoms with Crippen LogP contribution in [0.4, 0.5) is 0 Å². The molecular formula is C11H6BrClN2O3. The molecule has 0 radical (unpaired) electrons. The van der Waals surface area contributed by atoms with Gasteiger partial charge >= 0.3 is 11.7 Å². The van der Waals surface area contributed by atoms with Crippen molar-refractivity contribution in [2.24, 2.45) is 0 Å². The molecule has 0 saturated heterocycles. The Labute approximate surface area is 115 Å². The van der Waals surface area contributed by atoms with Gasteiger partial charge in [-0.1, -0.05) is 33.6 Å². The third-order valence-electron chi connectivity index (χ3n) is 2.18. The van der Waals surface area contributed by atoms with E-state index in [1.54, 1.807) is 18.2 Å². The van der Waals surface area contributed by atoms with Gasteiger partial charge in [0.2, 0.25) is 0 Å². The molecule has 1 heterocycles. The van der Waals surface area contributed by atoms with E-state index >= 15 is 0 Å². The molecule has 0 fully saturated rings. The second-order valence-electron chi connectivity index (χ2n) is 3.41. The molecule has 2 N–H and O–H groups in total. The first-order valence-corrected chi connectivity index (χ1v) is 5.94. The lowest BCUT2D eigenvalue weighted by Crippen LogP contribution is -2.16. The molecule has 92 valence electrons. The van der Waals surface area contributed by atoms with Crippen LogP contribution in [-0.4, -0.2) is 21.0 Å². The molecule has 0 aliphatic heterocycles. The molecule has 0 unspecified atom stereocenters. The van der Waals surface area contributed by atoms with Crippen LogP contribution in [0.1, 0.15) is 10.5 Å². The number of halogens is 2. The number of nitrogens with zero attached hydrogens (tertiary/aromatic N) is 1. The molecule has 18 heavy (non-hydrogen) atoms. The third-order valence-corrected chi connectivity index (χ3v) is 2.99. The predicted octanol–water partition coefficient (Wildman–Crippen LogP) is 2.55. The molecule has 0 saturated carbocycles. The fourth-order valence-corrected chi connectivity index (χ4v) is 2.18. The van der Waals surface area contributed by atoms with Gasteiger partial charge < -0.3 is 5.11 Å². The van der Waals surface area contributed by atoms with Crippen LogP contribution in [0.15, 0.2) is 33.5 Å². The zero-order chi connectivity index (χ0) is 13.3. The van der Waals surface area contributed by atoms with E-state index < -0.39 is 11.7 Å². The number of carbonyl (C=O) groups is 1. The summed E-state index contributed by atoms with van der Waals surface area (Å²) >= 11 is 9.27. The van der Waals surface area contributed by atoms with E-state index in [2.05, 4.69) is 25.9 Å². The topological polar surface area (TPSA) is 83.0 Å². The van der Waals surface area contributed by atoms with Crippen molar-refractivity contribution in [1.82, 2.24) is 9.97 Å². The fourth-order valence-electron chi connectivity index (χ4n) is 1.41. The number of carboxylic acid groups (broad SMARTS) is 1. The minimum atomic E-state index is -1.23. The van der Waals surface area contributed by atoms with Crippen LogP contribution in [0.5, 0.6) is 0 Å². The Morgan fingerprint density at radius 1 is 1.39 bits per heavy atom. The highest BCUT2D eigenvalue weighted by Crippen LogP contribution is 2.28. The fraction of sp³-hybridized carbons (Fsp3) is 0.